The van der Waals surface area contributed by atoms with Gasteiger partial charge in [0.15, 0.2) is 0 Å². The fraction of sp³-hybridized carbons (Fsp3) is 0.190. The average Bonchev–Trinajstić information content (AvgIpc) is 2.61. The highest BCUT2D eigenvalue weighted by atomic mass is 32.2. The molecule has 3 heteroatoms. The highest BCUT2D eigenvalue weighted by Gasteiger charge is 1.94. The van der Waals surface area contributed by atoms with E-state index < -0.39 is 0 Å². The quantitative estimate of drug-likeness (QED) is 0.578. The number of hydrogen-bond acceptors (Lipinski definition) is 3. The Bertz CT molecular complexity index is 728. The molecule has 2 rings (SSSR count). The van der Waals surface area contributed by atoms with Crippen LogP contribution in [0.1, 0.15) is 25.0 Å². The monoisotopic (exact) mass is 350 g/mol. The van der Waals surface area contributed by atoms with Crippen molar-refractivity contribution in [2.75, 3.05) is 11.5 Å². The molecule has 0 amide bonds. The maximum Gasteiger partial charge on any atom is 0.279 e. The van der Waals surface area contributed by atoms with Gasteiger partial charge < -0.3 is 0 Å². The molecule has 0 aliphatic rings. The normalized spacial score (nSPS) is 9.42. The Labute approximate surface area is 152 Å². The van der Waals surface area contributed by atoms with E-state index in [1.165, 1.54) is 9.79 Å². The molecule has 0 spiro atoms. The van der Waals surface area contributed by atoms with Gasteiger partial charge in [-0.05, 0) is 71.9 Å². The number of hydrogen-bond donors (Lipinski definition) is 0. The van der Waals surface area contributed by atoms with Gasteiger partial charge in [0.2, 0.25) is 0 Å². The summed E-state index contributed by atoms with van der Waals surface area (Å²) in [5.74, 6) is 12.6. The summed E-state index contributed by atoms with van der Waals surface area (Å²) in [6, 6.07) is 15.8. The molecule has 0 bridgehead atoms. The van der Waals surface area contributed by atoms with Crippen molar-refractivity contribution in [1.82, 2.24) is 0 Å². The van der Waals surface area contributed by atoms with Crippen molar-refractivity contribution in [3.05, 3.63) is 59.7 Å². The van der Waals surface area contributed by atoms with Crippen LogP contribution in [-0.2, 0) is 4.79 Å². The van der Waals surface area contributed by atoms with Gasteiger partial charge in [0, 0.05) is 20.9 Å². The third-order valence-electron chi connectivity index (χ3n) is 2.97. The second-order valence-electron chi connectivity index (χ2n) is 4.74. The van der Waals surface area contributed by atoms with E-state index in [1.54, 1.807) is 23.5 Å². The Balaban J connectivity index is 1.98. The van der Waals surface area contributed by atoms with Crippen LogP contribution in [-0.4, -0.2) is 17.3 Å². The number of ketones is 1. The fourth-order valence-electron chi connectivity index (χ4n) is 1.89. The van der Waals surface area contributed by atoms with Crippen LogP contribution in [0.15, 0.2) is 58.3 Å². The van der Waals surface area contributed by atoms with E-state index in [4.69, 9.17) is 0 Å². The molecule has 0 aliphatic heterocycles. The molecular weight excluding hydrogens is 332 g/mol. The lowest BCUT2D eigenvalue weighted by Crippen LogP contribution is -1.87. The second kappa shape index (κ2) is 9.93. The van der Waals surface area contributed by atoms with Crippen LogP contribution in [0.2, 0.25) is 0 Å². The van der Waals surface area contributed by atoms with Crippen molar-refractivity contribution in [2.45, 2.75) is 23.6 Å². The van der Waals surface area contributed by atoms with Gasteiger partial charge in [0.1, 0.15) is 0 Å². The topological polar surface area (TPSA) is 17.1 Å². The molecular formula is C21H18OS2. The maximum absolute atomic E-state index is 11.8. The summed E-state index contributed by atoms with van der Waals surface area (Å²) in [4.78, 5) is 14.2. The Morgan fingerprint density at radius 1 is 0.750 bits per heavy atom. The smallest absolute Gasteiger partial charge is 0.270 e. The van der Waals surface area contributed by atoms with E-state index in [1.807, 2.05) is 48.5 Å². The predicted octanol–water partition coefficient (Wildman–Crippen LogP) is 4.88. The van der Waals surface area contributed by atoms with Crippen molar-refractivity contribution in [1.29, 1.82) is 0 Å². The molecule has 0 fully saturated rings. The highest BCUT2D eigenvalue weighted by Crippen LogP contribution is 2.18. The summed E-state index contributed by atoms with van der Waals surface area (Å²) >= 11 is 3.56. The van der Waals surface area contributed by atoms with Crippen molar-refractivity contribution < 1.29 is 4.79 Å². The zero-order valence-electron chi connectivity index (χ0n) is 13.8. The Kier molecular flexibility index (Phi) is 7.56. The van der Waals surface area contributed by atoms with Gasteiger partial charge in [-0.2, -0.15) is 0 Å². The molecule has 0 saturated heterocycles. The van der Waals surface area contributed by atoms with Crippen LogP contribution in [0.4, 0.5) is 0 Å². The molecule has 0 unspecified atom stereocenters. The SMILES string of the molecule is CCSc1ccc(C#CC(=O)C#Cc2ccc(SCC)cc2)cc1. The number of carbonyl (C=O) groups excluding carboxylic acids is 1. The second-order valence-corrected chi connectivity index (χ2v) is 7.42. The molecule has 0 saturated carbocycles. The molecule has 120 valence electrons. The lowest BCUT2D eigenvalue weighted by molar-refractivity contribution is -0.108. The van der Waals surface area contributed by atoms with Crippen molar-refractivity contribution >= 4 is 29.3 Å². The molecule has 24 heavy (non-hydrogen) atoms. The Morgan fingerprint density at radius 3 is 1.46 bits per heavy atom. The third-order valence-corrected chi connectivity index (χ3v) is 4.76. The predicted molar refractivity (Wildman–Crippen MR) is 104 cm³/mol. The molecule has 2 aromatic carbocycles. The first-order chi connectivity index (χ1) is 11.7. The van der Waals surface area contributed by atoms with Crippen LogP contribution in [0.25, 0.3) is 0 Å². The van der Waals surface area contributed by atoms with E-state index >= 15 is 0 Å². The molecule has 0 aliphatic carbocycles. The van der Waals surface area contributed by atoms with Crippen molar-refractivity contribution in [3.8, 4) is 23.7 Å². The van der Waals surface area contributed by atoms with Crippen LogP contribution in [0.5, 0.6) is 0 Å². The minimum Gasteiger partial charge on any atom is -0.270 e. The molecule has 0 aromatic heterocycles. The molecule has 0 atom stereocenters. The highest BCUT2D eigenvalue weighted by molar-refractivity contribution is 7.99. The van der Waals surface area contributed by atoms with Crippen LogP contribution in [0, 0.1) is 23.7 Å². The lowest BCUT2D eigenvalue weighted by Gasteiger charge is -1.97. The molecule has 0 heterocycles. The summed E-state index contributed by atoms with van der Waals surface area (Å²) < 4.78 is 0. The zero-order valence-corrected chi connectivity index (χ0v) is 15.4. The first-order valence-electron chi connectivity index (χ1n) is 7.75. The van der Waals surface area contributed by atoms with Gasteiger partial charge in [-0.1, -0.05) is 25.7 Å². The summed E-state index contributed by atoms with van der Waals surface area (Å²) in [6.07, 6.45) is 0. The van der Waals surface area contributed by atoms with Gasteiger partial charge in [0.05, 0.1) is 0 Å². The van der Waals surface area contributed by atoms with Crippen LogP contribution >= 0.6 is 23.5 Å². The van der Waals surface area contributed by atoms with Gasteiger partial charge in [0.25, 0.3) is 5.78 Å². The number of Topliss-reactive ketones (excluding diaryl/α,β-unsaturated/α-hetero) is 1. The summed E-state index contributed by atoms with van der Waals surface area (Å²) in [5.41, 5.74) is 1.65. The van der Waals surface area contributed by atoms with Gasteiger partial charge >= 0.3 is 0 Å². The third kappa shape index (κ3) is 6.20. The lowest BCUT2D eigenvalue weighted by atomic mass is 10.2. The maximum atomic E-state index is 11.8. The number of thioether (sulfide) groups is 2. The molecule has 0 radical (unpaired) electrons. The first kappa shape index (κ1) is 18.3. The molecule has 2 aromatic rings. The van der Waals surface area contributed by atoms with Gasteiger partial charge in [-0.15, -0.1) is 23.5 Å². The minimum atomic E-state index is -0.367. The van der Waals surface area contributed by atoms with E-state index in [-0.39, 0.29) is 5.78 Å². The zero-order chi connectivity index (χ0) is 17.2. The fourth-order valence-corrected chi connectivity index (χ4v) is 3.22. The molecule has 0 N–H and O–H groups in total. The number of benzene rings is 2. The standard InChI is InChI=1S/C21H18OS2/c1-3-23-20-13-7-17(8-14-20)5-11-19(22)12-6-18-9-15-21(16-10-18)24-4-2/h7-10,13-16H,3-4H2,1-2H3. The average molecular weight is 351 g/mol. The summed E-state index contributed by atoms with van der Waals surface area (Å²) in [5, 5.41) is 0. The minimum absolute atomic E-state index is 0.367. The number of carbonyl (C=O) groups is 1. The Morgan fingerprint density at radius 2 is 1.12 bits per heavy atom. The van der Waals surface area contributed by atoms with Crippen molar-refractivity contribution in [2.24, 2.45) is 0 Å². The Hall–Kier alpha value is -2.07. The van der Waals surface area contributed by atoms with E-state index in [0.29, 0.717) is 0 Å². The summed E-state index contributed by atoms with van der Waals surface area (Å²) in [6.45, 7) is 4.23. The first-order valence-corrected chi connectivity index (χ1v) is 9.72. The van der Waals surface area contributed by atoms with E-state index in [2.05, 4.69) is 37.5 Å². The van der Waals surface area contributed by atoms with E-state index in [9.17, 15) is 4.79 Å². The van der Waals surface area contributed by atoms with Crippen LogP contribution < -0.4 is 0 Å². The van der Waals surface area contributed by atoms with Crippen LogP contribution in [0.3, 0.4) is 0 Å². The molecule has 1 nitrogen and oxygen atoms in total. The van der Waals surface area contributed by atoms with Gasteiger partial charge in [-0.3, -0.25) is 4.79 Å². The van der Waals surface area contributed by atoms with Crippen molar-refractivity contribution in [3.63, 3.8) is 0 Å². The van der Waals surface area contributed by atoms with E-state index in [0.717, 1.165) is 22.6 Å². The summed E-state index contributed by atoms with van der Waals surface area (Å²) in [7, 11) is 0. The van der Waals surface area contributed by atoms with Gasteiger partial charge in [-0.25, -0.2) is 0 Å². The number of rotatable bonds is 4. The largest absolute Gasteiger partial charge is 0.279 e.